The van der Waals surface area contributed by atoms with Crippen molar-refractivity contribution in [2.75, 3.05) is 0 Å². The lowest BCUT2D eigenvalue weighted by molar-refractivity contribution is -0.125. The van der Waals surface area contributed by atoms with Crippen molar-refractivity contribution in [3.8, 4) is 0 Å². The van der Waals surface area contributed by atoms with Crippen LogP contribution in [0.2, 0.25) is 0 Å². The van der Waals surface area contributed by atoms with Gasteiger partial charge in [0.05, 0.1) is 6.04 Å². The van der Waals surface area contributed by atoms with E-state index in [1.165, 1.54) is 11.1 Å². The number of fused-ring (bicyclic) bond motifs is 1. The van der Waals surface area contributed by atoms with Gasteiger partial charge in [0.2, 0.25) is 5.91 Å². The normalized spacial score (nSPS) is 20.5. The number of amides is 1. The number of carbonyl (C=O) groups excluding carboxylic acids is 1. The van der Waals surface area contributed by atoms with Crippen LogP contribution in [-0.2, 0) is 11.2 Å². The van der Waals surface area contributed by atoms with Gasteiger partial charge < -0.3 is 11.1 Å². The van der Waals surface area contributed by atoms with Gasteiger partial charge in [-0.1, -0.05) is 31.2 Å². The van der Waals surface area contributed by atoms with Crippen molar-refractivity contribution in [2.45, 2.75) is 38.8 Å². The van der Waals surface area contributed by atoms with Gasteiger partial charge in [-0.15, -0.1) is 12.4 Å². The van der Waals surface area contributed by atoms with E-state index in [1.807, 2.05) is 26.0 Å². The average Bonchev–Trinajstić information content (AvgIpc) is 2.71. The van der Waals surface area contributed by atoms with Gasteiger partial charge in [0.25, 0.3) is 0 Å². The summed E-state index contributed by atoms with van der Waals surface area (Å²) in [7, 11) is 0. The molecule has 3 nitrogen and oxygen atoms in total. The highest BCUT2D eigenvalue weighted by Gasteiger charge is 2.26. The second-order valence-corrected chi connectivity index (χ2v) is 4.95. The maximum Gasteiger partial charge on any atom is 0.224 e. The minimum atomic E-state index is -0.136. The maximum atomic E-state index is 12.0. The van der Waals surface area contributed by atoms with Gasteiger partial charge in [0.15, 0.2) is 0 Å². The third-order valence-corrected chi connectivity index (χ3v) is 3.65. The summed E-state index contributed by atoms with van der Waals surface area (Å²) >= 11 is 0. The summed E-state index contributed by atoms with van der Waals surface area (Å²) in [5, 5.41) is 3.10. The Morgan fingerprint density at radius 2 is 2.06 bits per heavy atom. The van der Waals surface area contributed by atoms with E-state index >= 15 is 0 Å². The zero-order valence-corrected chi connectivity index (χ0v) is 11.7. The topological polar surface area (TPSA) is 55.1 Å². The van der Waals surface area contributed by atoms with E-state index < -0.39 is 0 Å². The molecule has 4 heteroatoms. The highest BCUT2D eigenvalue weighted by atomic mass is 35.5. The van der Waals surface area contributed by atoms with Crippen molar-refractivity contribution in [3.63, 3.8) is 0 Å². The quantitative estimate of drug-likeness (QED) is 0.883. The van der Waals surface area contributed by atoms with Crippen molar-refractivity contribution in [1.82, 2.24) is 5.32 Å². The van der Waals surface area contributed by atoms with Crippen LogP contribution in [0.5, 0.6) is 0 Å². The molecule has 3 N–H and O–H groups in total. The first-order valence-corrected chi connectivity index (χ1v) is 6.23. The SMILES string of the molecule is CC(N)C(C)C(=O)NC1CCc2ccccc21.Cl. The smallest absolute Gasteiger partial charge is 0.224 e. The predicted molar refractivity (Wildman–Crippen MR) is 75.7 cm³/mol. The molecule has 18 heavy (non-hydrogen) atoms. The van der Waals surface area contributed by atoms with Crippen LogP contribution in [0.1, 0.15) is 37.4 Å². The Morgan fingerprint density at radius 1 is 1.39 bits per heavy atom. The van der Waals surface area contributed by atoms with Crippen LogP contribution in [0.4, 0.5) is 0 Å². The number of hydrogen-bond acceptors (Lipinski definition) is 2. The zero-order valence-electron chi connectivity index (χ0n) is 10.8. The lowest BCUT2D eigenvalue weighted by atomic mass is 10.0. The molecule has 0 radical (unpaired) electrons. The molecule has 1 aliphatic carbocycles. The van der Waals surface area contributed by atoms with Gasteiger partial charge in [-0.25, -0.2) is 0 Å². The van der Waals surface area contributed by atoms with Gasteiger partial charge in [-0.05, 0) is 30.9 Å². The Hall–Kier alpha value is -1.06. The molecular formula is C14H21ClN2O. The number of halogens is 1. The van der Waals surface area contributed by atoms with Crippen molar-refractivity contribution < 1.29 is 4.79 Å². The van der Waals surface area contributed by atoms with E-state index in [4.69, 9.17) is 5.73 Å². The molecule has 100 valence electrons. The number of nitrogens with one attached hydrogen (secondary N) is 1. The van der Waals surface area contributed by atoms with E-state index in [2.05, 4.69) is 17.4 Å². The molecule has 0 bridgehead atoms. The molecule has 1 amide bonds. The summed E-state index contributed by atoms with van der Waals surface area (Å²) in [6.45, 7) is 3.74. The standard InChI is InChI=1S/C14H20N2O.ClH/c1-9(10(2)15)14(17)16-13-8-7-11-5-3-4-6-12(11)13;/h3-6,9-10,13H,7-8,15H2,1-2H3,(H,16,17);1H. The van der Waals surface area contributed by atoms with E-state index in [9.17, 15) is 4.79 Å². The largest absolute Gasteiger partial charge is 0.349 e. The fourth-order valence-corrected chi connectivity index (χ4v) is 2.25. The van der Waals surface area contributed by atoms with Crippen molar-refractivity contribution in [1.29, 1.82) is 0 Å². The van der Waals surface area contributed by atoms with Crippen LogP contribution in [0.25, 0.3) is 0 Å². The average molecular weight is 269 g/mol. The summed E-state index contributed by atoms with van der Waals surface area (Å²) in [4.78, 5) is 12.0. The Morgan fingerprint density at radius 3 is 2.72 bits per heavy atom. The molecule has 0 spiro atoms. The highest BCUT2D eigenvalue weighted by molar-refractivity contribution is 5.85. The van der Waals surface area contributed by atoms with Crippen LogP contribution in [-0.4, -0.2) is 11.9 Å². The first-order chi connectivity index (χ1) is 8.09. The van der Waals surface area contributed by atoms with Crippen LogP contribution in [0.15, 0.2) is 24.3 Å². The third-order valence-electron chi connectivity index (χ3n) is 3.65. The highest BCUT2D eigenvalue weighted by Crippen LogP contribution is 2.30. The molecule has 0 saturated heterocycles. The van der Waals surface area contributed by atoms with E-state index in [0.717, 1.165) is 12.8 Å². The second kappa shape index (κ2) is 6.21. The molecule has 0 aliphatic heterocycles. The maximum absolute atomic E-state index is 12.0. The summed E-state index contributed by atoms with van der Waals surface area (Å²) in [6.07, 6.45) is 2.05. The van der Waals surface area contributed by atoms with Crippen molar-refractivity contribution in [3.05, 3.63) is 35.4 Å². The second-order valence-electron chi connectivity index (χ2n) is 4.95. The lowest BCUT2D eigenvalue weighted by Gasteiger charge is -2.19. The first-order valence-electron chi connectivity index (χ1n) is 6.23. The molecule has 1 aromatic rings. The number of rotatable bonds is 3. The van der Waals surface area contributed by atoms with Crippen molar-refractivity contribution >= 4 is 18.3 Å². The minimum absolute atomic E-state index is 0. The zero-order chi connectivity index (χ0) is 12.4. The summed E-state index contributed by atoms with van der Waals surface area (Å²) in [6, 6.07) is 8.37. The molecule has 3 unspecified atom stereocenters. The summed E-state index contributed by atoms with van der Waals surface area (Å²) < 4.78 is 0. The first kappa shape index (κ1) is 15.0. The Labute approximate surface area is 115 Å². The van der Waals surface area contributed by atoms with Crippen molar-refractivity contribution in [2.24, 2.45) is 11.7 Å². The Bertz CT molecular complexity index is 420. The molecule has 1 aromatic carbocycles. The minimum Gasteiger partial charge on any atom is -0.349 e. The Balaban J connectivity index is 0.00000162. The number of nitrogens with two attached hydrogens (primary N) is 1. The summed E-state index contributed by atoms with van der Waals surface area (Å²) in [5.41, 5.74) is 8.36. The summed E-state index contributed by atoms with van der Waals surface area (Å²) in [5.74, 6) is -0.0792. The van der Waals surface area contributed by atoms with Crippen LogP contribution < -0.4 is 11.1 Å². The fraction of sp³-hybridized carbons (Fsp3) is 0.500. The monoisotopic (exact) mass is 268 g/mol. The number of hydrogen-bond donors (Lipinski definition) is 2. The molecule has 2 rings (SSSR count). The van der Waals surface area contributed by atoms with Gasteiger partial charge in [-0.3, -0.25) is 4.79 Å². The molecule has 1 aliphatic rings. The van der Waals surface area contributed by atoms with Gasteiger partial charge in [0, 0.05) is 12.0 Å². The van der Waals surface area contributed by atoms with E-state index in [1.54, 1.807) is 0 Å². The molecule has 0 aromatic heterocycles. The Kier molecular flexibility index (Phi) is 5.17. The predicted octanol–water partition coefficient (Wildman–Crippen LogP) is 2.20. The lowest BCUT2D eigenvalue weighted by Crippen LogP contribution is -2.39. The number of benzene rings is 1. The van der Waals surface area contributed by atoms with E-state index in [-0.39, 0.29) is 36.3 Å². The molecule has 3 atom stereocenters. The van der Waals surface area contributed by atoms with Crippen LogP contribution in [0.3, 0.4) is 0 Å². The number of aryl methyl sites for hydroxylation is 1. The number of carbonyl (C=O) groups is 1. The van der Waals surface area contributed by atoms with Crippen LogP contribution >= 0.6 is 12.4 Å². The molecular weight excluding hydrogens is 248 g/mol. The van der Waals surface area contributed by atoms with Gasteiger partial charge >= 0.3 is 0 Å². The fourth-order valence-electron chi connectivity index (χ4n) is 2.25. The van der Waals surface area contributed by atoms with E-state index in [0.29, 0.717) is 0 Å². The molecule has 0 heterocycles. The van der Waals surface area contributed by atoms with Gasteiger partial charge in [-0.2, -0.15) is 0 Å². The van der Waals surface area contributed by atoms with Crippen LogP contribution in [0, 0.1) is 5.92 Å². The third kappa shape index (κ3) is 3.03. The molecule has 0 saturated carbocycles. The molecule has 0 fully saturated rings. The van der Waals surface area contributed by atoms with Gasteiger partial charge in [0.1, 0.15) is 0 Å².